The van der Waals surface area contributed by atoms with Gasteiger partial charge in [-0.15, -0.1) is 0 Å². The standard InChI is InChI=1S/C72H52N2O5/c1-71(2,3)41-29-33-43(34-30-41)73(54-23-15-21-47-45-17-7-11-25-58(45)76-67(47)54)56-39-52-49-37-38-75-66(49)53-40-57(63-51-20-10-14-28-61(51)79-70(63)65(53)64(52)69-62(56)50-19-9-13-27-60(50)78-69)74(44-35-31-42(32-36-44)72(4,5)6)55-24-16-22-48-46-18-8-12-26-59(46)77-68(48)55/h7-40H,1-6H3. The second kappa shape index (κ2) is 16.4. The van der Waals surface area contributed by atoms with Crippen molar-refractivity contribution in [3.8, 4) is 0 Å². The van der Waals surface area contributed by atoms with Gasteiger partial charge in [-0.2, -0.15) is 0 Å². The SMILES string of the molecule is CC(C)(C)c1ccc(N(c2cccc3c2oc2ccccc23)c2cc3c4ccoc4c4cc(N(c5ccc(C(C)(C)C)cc5)c5cccc6c5oc5ccccc56)c5c6ccccc6oc5c4c3c3oc4ccccc4c23)cc1. The second-order valence-corrected chi connectivity index (χ2v) is 23.2. The van der Waals surface area contributed by atoms with Crippen molar-refractivity contribution in [2.75, 3.05) is 9.80 Å². The molecule has 0 fully saturated rings. The average Bonchev–Trinajstić information content (AvgIpc) is 4.52. The molecule has 0 N–H and O–H groups in total. The van der Waals surface area contributed by atoms with Crippen molar-refractivity contribution in [1.29, 1.82) is 0 Å². The van der Waals surface area contributed by atoms with E-state index in [4.69, 9.17) is 22.1 Å². The molecular formula is C72H52N2O5. The number of benzene rings is 11. The summed E-state index contributed by atoms with van der Waals surface area (Å²) in [5.74, 6) is 0. The largest absolute Gasteiger partial charge is 0.464 e. The van der Waals surface area contributed by atoms with Crippen LogP contribution in [0.4, 0.5) is 34.1 Å². The maximum absolute atomic E-state index is 7.37. The van der Waals surface area contributed by atoms with E-state index in [0.29, 0.717) is 0 Å². The van der Waals surface area contributed by atoms with E-state index in [1.165, 1.54) is 11.1 Å². The molecule has 7 nitrogen and oxygen atoms in total. The van der Waals surface area contributed by atoms with E-state index < -0.39 is 0 Å². The number of fused-ring (bicyclic) bond motifs is 20. The van der Waals surface area contributed by atoms with Crippen LogP contribution in [0.15, 0.2) is 229 Å². The summed E-state index contributed by atoms with van der Waals surface area (Å²) >= 11 is 0. The van der Waals surface area contributed by atoms with Gasteiger partial charge in [-0.25, -0.2) is 0 Å². The fourth-order valence-electron chi connectivity index (χ4n) is 12.6. The molecule has 11 aromatic carbocycles. The zero-order valence-corrected chi connectivity index (χ0v) is 44.6. The van der Waals surface area contributed by atoms with E-state index >= 15 is 0 Å². The van der Waals surface area contributed by atoms with E-state index in [1.807, 2.05) is 42.7 Å². The summed E-state index contributed by atoms with van der Waals surface area (Å²) in [6.45, 7) is 13.5. The molecule has 0 amide bonds. The van der Waals surface area contributed by atoms with Crippen molar-refractivity contribution in [2.45, 2.75) is 52.4 Å². The number of hydrogen-bond donors (Lipinski definition) is 0. The summed E-state index contributed by atoms with van der Waals surface area (Å²) < 4.78 is 35.3. The molecule has 0 saturated carbocycles. The number of nitrogens with zero attached hydrogens (tertiary/aromatic N) is 2. The monoisotopic (exact) mass is 1020 g/mol. The minimum Gasteiger partial charge on any atom is -0.464 e. The summed E-state index contributed by atoms with van der Waals surface area (Å²) in [5.41, 5.74) is 15.0. The number of furan rings is 5. The van der Waals surface area contributed by atoms with Gasteiger partial charge in [-0.05, 0) is 106 Å². The highest BCUT2D eigenvalue weighted by Gasteiger charge is 2.32. The molecule has 0 aliphatic carbocycles. The highest BCUT2D eigenvalue weighted by Crippen LogP contribution is 2.55. The minimum atomic E-state index is -0.0540. The lowest BCUT2D eigenvalue weighted by Crippen LogP contribution is -2.14. The molecule has 380 valence electrons. The highest BCUT2D eigenvalue weighted by molar-refractivity contribution is 6.40. The fourth-order valence-corrected chi connectivity index (χ4v) is 12.6. The molecule has 0 atom stereocenters. The third kappa shape index (κ3) is 6.66. The molecule has 0 spiro atoms. The summed E-state index contributed by atoms with van der Waals surface area (Å²) in [5, 5.41) is 12.7. The van der Waals surface area contributed by atoms with Gasteiger partial charge in [-0.3, -0.25) is 0 Å². The summed E-state index contributed by atoms with van der Waals surface area (Å²) in [6.07, 6.45) is 1.81. The van der Waals surface area contributed by atoms with Gasteiger partial charge in [0.15, 0.2) is 11.2 Å². The number of rotatable bonds is 6. The van der Waals surface area contributed by atoms with Crippen LogP contribution < -0.4 is 9.80 Å². The second-order valence-electron chi connectivity index (χ2n) is 23.2. The Morgan fingerprint density at radius 3 is 1.10 bits per heavy atom. The Bertz CT molecular complexity index is 4840. The van der Waals surface area contributed by atoms with E-state index in [2.05, 4.69) is 215 Å². The predicted molar refractivity (Wildman–Crippen MR) is 327 cm³/mol. The highest BCUT2D eigenvalue weighted by atomic mass is 16.3. The first-order chi connectivity index (χ1) is 38.5. The average molecular weight is 1030 g/mol. The normalized spacial score (nSPS) is 12.7. The van der Waals surface area contributed by atoms with Crippen molar-refractivity contribution in [3.63, 3.8) is 0 Å². The first-order valence-electron chi connectivity index (χ1n) is 27.1. The van der Waals surface area contributed by atoms with Crippen LogP contribution in [0.5, 0.6) is 0 Å². The molecule has 0 radical (unpaired) electrons. The Morgan fingerprint density at radius 2 is 0.646 bits per heavy atom. The van der Waals surface area contributed by atoms with Gasteiger partial charge in [0, 0.05) is 65.2 Å². The van der Waals surface area contributed by atoms with Gasteiger partial charge >= 0.3 is 0 Å². The van der Waals surface area contributed by atoms with Crippen molar-refractivity contribution in [2.24, 2.45) is 0 Å². The Morgan fingerprint density at radius 1 is 0.278 bits per heavy atom. The lowest BCUT2D eigenvalue weighted by atomic mass is 9.87. The molecule has 5 aromatic heterocycles. The van der Waals surface area contributed by atoms with E-state index in [-0.39, 0.29) is 10.8 Å². The van der Waals surface area contributed by atoms with Crippen LogP contribution in [-0.2, 0) is 10.8 Å². The first kappa shape index (κ1) is 45.5. The van der Waals surface area contributed by atoms with E-state index in [9.17, 15) is 0 Å². The van der Waals surface area contributed by atoms with E-state index in [1.54, 1.807) is 0 Å². The number of para-hydroxylation sites is 6. The molecular weight excluding hydrogens is 973 g/mol. The summed E-state index contributed by atoms with van der Waals surface area (Å²) in [6, 6.07) is 70.9. The molecule has 5 heterocycles. The zero-order chi connectivity index (χ0) is 53.1. The number of hydrogen-bond acceptors (Lipinski definition) is 7. The smallest absolute Gasteiger partial charge is 0.159 e. The van der Waals surface area contributed by atoms with Crippen molar-refractivity contribution >= 4 is 154 Å². The Labute approximate surface area is 454 Å². The van der Waals surface area contributed by atoms with Crippen molar-refractivity contribution in [3.05, 3.63) is 218 Å². The summed E-state index contributed by atoms with van der Waals surface area (Å²) in [7, 11) is 0. The molecule has 0 unspecified atom stereocenters. The van der Waals surface area contributed by atoms with Crippen LogP contribution in [0, 0.1) is 0 Å². The molecule has 79 heavy (non-hydrogen) atoms. The molecule has 0 aliphatic rings. The number of anilines is 6. The maximum atomic E-state index is 7.37. The fraction of sp³-hybridized carbons (Fsp3) is 0.111. The van der Waals surface area contributed by atoms with Crippen LogP contribution in [0.3, 0.4) is 0 Å². The lowest BCUT2D eigenvalue weighted by molar-refractivity contribution is 0.590. The lowest BCUT2D eigenvalue weighted by Gasteiger charge is -2.29. The molecule has 16 aromatic rings. The van der Waals surface area contributed by atoms with Crippen LogP contribution in [0.25, 0.3) is 120 Å². The Balaban J connectivity index is 1.06. The third-order valence-electron chi connectivity index (χ3n) is 16.4. The molecule has 0 saturated heterocycles. The first-order valence-corrected chi connectivity index (χ1v) is 27.1. The molecule has 0 aliphatic heterocycles. The van der Waals surface area contributed by atoms with Gasteiger partial charge in [-0.1, -0.05) is 163 Å². The minimum absolute atomic E-state index is 0.0520. The van der Waals surface area contributed by atoms with Crippen molar-refractivity contribution in [1.82, 2.24) is 0 Å². The maximum Gasteiger partial charge on any atom is 0.159 e. The van der Waals surface area contributed by atoms with Crippen LogP contribution in [-0.4, -0.2) is 0 Å². The van der Waals surface area contributed by atoms with Crippen LogP contribution >= 0.6 is 0 Å². The van der Waals surface area contributed by atoms with Gasteiger partial charge < -0.3 is 31.9 Å². The molecule has 7 heteroatoms. The van der Waals surface area contributed by atoms with Gasteiger partial charge in [0.1, 0.15) is 39.1 Å². The van der Waals surface area contributed by atoms with Crippen LogP contribution in [0.2, 0.25) is 0 Å². The van der Waals surface area contributed by atoms with E-state index in [0.717, 1.165) is 154 Å². The van der Waals surface area contributed by atoms with Crippen molar-refractivity contribution < 1.29 is 22.1 Å². The Hall–Kier alpha value is -9.72. The predicted octanol–water partition coefficient (Wildman–Crippen LogP) is 21.9. The van der Waals surface area contributed by atoms with Gasteiger partial charge in [0.05, 0.1) is 39.8 Å². The van der Waals surface area contributed by atoms with Crippen LogP contribution in [0.1, 0.15) is 52.7 Å². The third-order valence-corrected chi connectivity index (χ3v) is 16.4. The summed E-state index contributed by atoms with van der Waals surface area (Å²) in [4.78, 5) is 4.71. The zero-order valence-electron chi connectivity index (χ0n) is 44.6. The van der Waals surface area contributed by atoms with Gasteiger partial charge in [0.2, 0.25) is 0 Å². The topological polar surface area (TPSA) is 72.2 Å². The molecule has 16 rings (SSSR count). The van der Waals surface area contributed by atoms with Gasteiger partial charge in [0.25, 0.3) is 0 Å². The molecule has 0 bridgehead atoms. The Kier molecular flexibility index (Phi) is 9.44. The quantitative estimate of drug-likeness (QED) is 0.154.